The van der Waals surface area contributed by atoms with Gasteiger partial charge in [0.2, 0.25) is 15.9 Å². The SMILES string of the molecule is COc1ccc(C)c2sc(N(CCN(C)C)C(=O)CN(C)S(C)(=O)=O)nc12.Cl. The van der Waals surface area contributed by atoms with Gasteiger partial charge in [0.15, 0.2) is 5.13 Å². The van der Waals surface area contributed by atoms with Crippen molar-refractivity contribution >= 4 is 55.0 Å². The van der Waals surface area contributed by atoms with Gasteiger partial charge in [0, 0.05) is 20.1 Å². The van der Waals surface area contributed by atoms with Crippen molar-refractivity contribution in [3.63, 3.8) is 0 Å². The summed E-state index contributed by atoms with van der Waals surface area (Å²) in [6.45, 7) is 2.77. The molecule has 0 aliphatic carbocycles. The minimum Gasteiger partial charge on any atom is -0.494 e. The summed E-state index contributed by atoms with van der Waals surface area (Å²) in [5.41, 5.74) is 1.75. The van der Waals surface area contributed by atoms with Crippen LogP contribution in [0.1, 0.15) is 5.56 Å². The number of anilines is 1. The number of hydrogen-bond donors (Lipinski definition) is 0. The Bertz CT molecular complexity index is 931. The highest BCUT2D eigenvalue weighted by Gasteiger charge is 2.25. The van der Waals surface area contributed by atoms with Crippen molar-refractivity contribution in [2.45, 2.75) is 6.92 Å². The molecule has 0 atom stereocenters. The van der Waals surface area contributed by atoms with Crippen LogP contribution >= 0.6 is 23.7 Å². The summed E-state index contributed by atoms with van der Waals surface area (Å²) in [4.78, 5) is 21.0. The first-order valence-electron chi connectivity index (χ1n) is 8.35. The number of methoxy groups -OCH3 is 1. The van der Waals surface area contributed by atoms with E-state index < -0.39 is 10.0 Å². The maximum atomic E-state index is 12.9. The van der Waals surface area contributed by atoms with Gasteiger partial charge in [0.05, 0.1) is 24.6 Å². The van der Waals surface area contributed by atoms with Gasteiger partial charge in [-0.1, -0.05) is 17.4 Å². The Labute approximate surface area is 176 Å². The molecule has 0 radical (unpaired) electrons. The van der Waals surface area contributed by atoms with E-state index in [0.717, 1.165) is 20.8 Å². The van der Waals surface area contributed by atoms with Gasteiger partial charge in [0.25, 0.3) is 0 Å². The fourth-order valence-corrected chi connectivity index (χ4v) is 3.84. The van der Waals surface area contributed by atoms with Crippen LogP contribution in [0.4, 0.5) is 5.13 Å². The topological polar surface area (TPSA) is 83.0 Å². The van der Waals surface area contributed by atoms with E-state index in [1.165, 1.54) is 18.4 Å². The lowest BCUT2D eigenvalue weighted by Gasteiger charge is -2.24. The van der Waals surface area contributed by atoms with E-state index in [2.05, 4.69) is 4.98 Å². The molecule has 0 saturated heterocycles. The van der Waals surface area contributed by atoms with E-state index in [4.69, 9.17) is 4.74 Å². The molecule has 1 aromatic heterocycles. The molecule has 1 amide bonds. The Balaban J connectivity index is 0.00000392. The molecule has 0 aliphatic rings. The highest BCUT2D eigenvalue weighted by atomic mass is 35.5. The third-order valence-corrected chi connectivity index (χ3v) is 6.61. The highest BCUT2D eigenvalue weighted by Crippen LogP contribution is 2.36. The van der Waals surface area contributed by atoms with Crippen LogP contribution in [0.15, 0.2) is 12.1 Å². The zero-order valence-electron chi connectivity index (χ0n) is 16.9. The number of carbonyl (C=O) groups is 1. The third kappa shape index (κ3) is 5.77. The van der Waals surface area contributed by atoms with Crippen molar-refractivity contribution in [3.05, 3.63) is 17.7 Å². The second-order valence-corrected chi connectivity index (χ2v) is 9.69. The van der Waals surface area contributed by atoms with E-state index in [-0.39, 0.29) is 24.9 Å². The van der Waals surface area contributed by atoms with Crippen LogP contribution in [0, 0.1) is 6.92 Å². The number of hydrogen-bond acceptors (Lipinski definition) is 7. The van der Waals surface area contributed by atoms with Gasteiger partial charge >= 0.3 is 0 Å². The Morgan fingerprint density at radius 3 is 2.39 bits per heavy atom. The van der Waals surface area contributed by atoms with Crippen molar-refractivity contribution in [2.75, 3.05) is 59.0 Å². The lowest BCUT2D eigenvalue weighted by Crippen LogP contribution is -2.43. The summed E-state index contributed by atoms with van der Waals surface area (Å²) in [7, 11) is 3.35. The third-order valence-electron chi connectivity index (χ3n) is 4.14. The molecule has 0 unspecified atom stereocenters. The van der Waals surface area contributed by atoms with Gasteiger partial charge in [-0.05, 0) is 32.6 Å². The maximum Gasteiger partial charge on any atom is 0.244 e. The number of aryl methyl sites for hydroxylation is 1. The molecule has 0 N–H and O–H groups in total. The number of sulfonamides is 1. The number of rotatable bonds is 8. The van der Waals surface area contributed by atoms with Gasteiger partial charge in [-0.2, -0.15) is 4.31 Å². The minimum atomic E-state index is -3.45. The fourth-order valence-electron chi connectivity index (χ4n) is 2.40. The molecule has 0 saturated carbocycles. The number of thiazole rings is 1. The number of benzene rings is 1. The first-order chi connectivity index (χ1) is 12.5. The van der Waals surface area contributed by atoms with Crippen molar-refractivity contribution < 1.29 is 17.9 Å². The number of carbonyl (C=O) groups excluding carboxylic acids is 1. The Morgan fingerprint density at radius 1 is 1.21 bits per heavy atom. The lowest BCUT2D eigenvalue weighted by atomic mass is 10.2. The van der Waals surface area contributed by atoms with E-state index in [0.29, 0.717) is 29.5 Å². The zero-order chi connectivity index (χ0) is 20.4. The standard InChI is InChI=1S/C17H26N4O4S2.ClH/c1-12-7-8-13(25-5)15-16(12)26-17(18-15)21(10-9-19(2)3)14(22)11-20(4)27(6,23)24;/h7-8H,9-11H2,1-6H3;1H. The second kappa shape index (κ2) is 9.84. The zero-order valence-corrected chi connectivity index (χ0v) is 19.4. The molecule has 0 spiro atoms. The first-order valence-corrected chi connectivity index (χ1v) is 11.0. The van der Waals surface area contributed by atoms with Crippen molar-refractivity contribution in [1.82, 2.24) is 14.2 Å². The van der Waals surface area contributed by atoms with Crippen LogP contribution in [0.2, 0.25) is 0 Å². The van der Waals surface area contributed by atoms with Crippen LogP contribution < -0.4 is 9.64 Å². The van der Waals surface area contributed by atoms with Crippen LogP contribution in [-0.4, -0.2) is 82.7 Å². The van der Waals surface area contributed by atoms with Crippen molar-refractivity contribution in [2.24, 2.45) is 0 Å². The van der Waals surface area contributed by atoms with Crippen molar-refractivity contribution in [1.29, 1.82) is 0 Å². The molecule has 8 nitrogen and oxygen atoms in total. The molecule has 0 bridgehead atoms. The largest absolute Gasteiger partial charge is 0.494 e. The number of aromatic nitrogens is 1. The van der Waals surface area contributed by atoms with Gasteiger partial charge in [-0.3, -0.25) is 9.69 Å². The molecule has 1 aromatic carbocycles. The smallest absolute Gasteiger partial charge is 0.244 e. The summed E-state index contributed by atoms with van der Waals surface area (Å²) < 4.78 is 30.7. The molecule has 2 rings (SSSR count). The Morgan fingerprint density at radius 2 is 1.86 bits per heavy atom. The monoisotopic (exact) mass is 450 g/mol. The predicted molar refractivity (Wildman–Crippen MR) is 117 cm³/mol. The maximum absolute atomic E-state index is 12.9. The van der Waals surface area contributed by atoms with Crippen LogP contribution in [0.3, 0.4) is 0 Å². The van der Waals surface area contributed by atoms with Crippen molar-refractivity contribution in [3.8, 4) is 5.75 Å². The van der Waals surface area contributed by atoms with E-state index in [1.807, 2.05) is 38.1 Å². The molecule has 0 fully saturated rings. The fraction of sp³-hybridized carbons (Fsp3) is 0.529. The van der Waals surface area contributed by atoms with Crippen LogP contribution in [0.25, 0.3) is 10.2 Å². The average Bonchev–Trinajstić information content (AvgIpc) is 3.00. The van der Waals surface area contributed by atoms with E-state index >= 15 is 0 Å². The highest BCUT2D eigenvalue weighted by molar-refractivity contribution is 7.88. The van der Waals surface area contributed by atoms with E-state index in [1.54, 1.807) is 12.0 Å². The second-order valence-electron chi connectivity index (χ2n) is 6.63. The molecule has 11 heteroatoms. The summed E-state index contributed by atoms with van der Waals surface area (Å²) in [6.07, 6.45) is 1.08. The van der Waals surface area contributed by atoms with Gasteiger partial charge in [-0.25, -0.2) is 13.4 Å². The van der Waals surface area contributed by atoms with Gasteiger partial charge in [-0.15, -0.1) is 12.4 Å². The number of fused-ring (bicyclic) bond motifs is 1. The quantitative estimate of drug-likeness (QED) is 0.610. The molecule has 28 heavy (non-hydrogen) atoms. The number of nitrogens with zero attached hydrogens (tertiary/aromatic N) is 4. The number of ether oxygens (including phenoxy) is 1. The van der Waals surface area contributed by atoms with Gasteiger partial charge < -0.3 is 9.64 Å². The Hall–Kier alpha value is -1.46. The average molecular weight is 451 g/mol. The molecular formula is C17H27ClN4O4S2. The number of halogens is 1. The molecule has 1 heterocycles. The number of likely N-dealkylation sites (N-methyl/N-ethyl adjacent to an activating group) is 2. The summed E-state index contributed by atoms with van der Waals surface area (Å²) in [6, 6.07) is 3.80. The minimum absolute atomic E-state index is 0. The summed E-state index contributed by atoms with van der Waals surface area (Å²) >= 11 is 1.40. The molecular weight excluding hydrogens is 424 g/mol. The normalized spacial score (nSPS) is 11.7. The Kier molecular flexibility index (Phi) is 8.64. The van der Waals surface area contributed by atoms with Gasteiger partial charge in [0.1, 0.15) is 11.3 Å². The number of amides is 1. The first kappa shape index (κ1) is 24.6. The molecule has 2 aromatic rings. The van der Waals surface area contributed by atoms with Crippen LogP contribution in [0.5, 0.6) is 5.75 Å². The molecule has 158 valence electrons. The molecule has 0 aliphatic heterocycles. The van der Waals surface area contributed by atoms with E-state index in [9.17, 15) is 13.2 Å². The van der Waals surface area contributed by atoms with Crippen LogP contribution in [-0.2, 0) is 14.8 Å². The summed E-state index contributed by atoms with van der Waals surface area (Å²) in [5.74, 6) is 0.326. The predicted octanol–water partition coefficient (Wildman–Crippen LogP) is 1.82. The summed E-state index contributed by atoms with van der Waals surface area (Å²) in [5, 5.41) is 0.534. The lowest BCUT2D eigenvalue weighted by molar-refractivity contribution is -0.118.